The predicted octanol–water partition coefficient (Wildman–Crippen LogP) is 3.21. The van der Waals surface area contributed by atoms with E-state index in [1.165, 1.54) is 29.2 Å². The van der Waals surface area contributed by atoms with Crippen molar-refractivity contribution in [3.05, 3.63) is 59.7 Å². The highest BCUT2D eigenvalue weighted by Gasteiger charge is 2.19. The van der Waals surface area contributed by atoms with Crippen LogP contribution in [0.25, 0.3) is 0 Å². The third kappa shape index (κ3) is 2.77. The molecular formula is C15H14F2N2O. The summed E-state index contributed by atoms with van der Waals surface area (Å²) in [6, 6.07) is 9.52. The average Bonchev–Trinajstić information content (AvgIpc) is 2.40. The molecule has 5 heteroatoms. The van der Waals surface area contributed by atoms with Gasteiger partial charge in [0.05, 0.1) is 5.69 Å². The molecule has 0 saturated heterocycles. The van der Waals surface area contributed by atoms with Crippen molar-refractivity contribution in [3.63, 3.8) is 0 Å². The lowest BCUT2D eigenvalue weighted by Gasteiger charge is -2.21. The first-order valence-corrected chi connectivity index (χ1v) is 6.15. The zero-order valence-electron chi connectivity index (χ0n) is 10.9. The number of carbonyl (C=O) groups is 1. The summed E-state index contributed by atoms with van der Waals surface area (Å²) in [6.07, 6.45) is 0. The quantitative estimate of drug-likeness (QED) is 0.875. The molecule has 0 aliphatic heterocycles. The second-order valence-electron chi connectivity index (χ2n) is 4.27. The molecule has 0 aliphatic carbocycles. The van der Waals surface area contributed by atoms with Gasteiger partial charge in [-0.1, -0.05) is 12.1 Å². The maximum atomic E-state index is 13.8. The van der Waals surface area contributed by atoms with Crippen LogP contribution < -0.4 is 10.6 Å². The van der Waals surface area contributed by atoms with E-state index in [-0.39, 0.29) is 23.5 Å². The number of hydrogen-bond acceptors (Lipinski definition) is 2. The van der Waals surface area contributed by atoms with E-state index in [1.807, 2.05) is 0 Å². The van der Waals surface area contributed by atoms with Crippen molar-refractivity contribution in [3.8, 4) is 0 Å². The maximum Gasteiger partial charge on any atom is 0.258 e. The van der Waals surface area contributed by atoms with Gasteiger partial charge < -0.3 is 10.6 Å². The number of halogens is 2. The molecular weight excluding hydrogens is 262 g/mol. The van der Waals surface area contributed by atoms with Crippen LogP contribution in [0, 0.1) is 11.6 Å². The Morgan fingerprint density at radius 2 is 1.90 bits per heavy atom. The van der Waals surface area contributed by atoms with Gasteiger partial charge >= 0.3 is 0 Å². The third-order valence-electron chi connectivity index (χ3n) is 2.87. The van der Waals surface area contributed by atoms with Gasteiger partial charge in [0.25, 0.3) is 5.91 Å². The molecule has 0 unspecified atom stereocenters. The van der Waals surface area contributed by atoms with Gasteiger partial charge in [-0.15, -0.1) is 0 Å². The molecule has 2 N–H and O–H groups in total. The number of rotatable bonds is 3. The van der Waals surface area contributed by atoms with E-state index in [4.69, 9.17) is 5.73 Å². The molecule has 3 nitrogen and oxygen atoms in total. The van der Waals surface area contributed by atoms with E-state index < -0.39 is 17.5 Å². The fourth-order valence-electron chi connectivity index (χ4n) is 1.99. The van der Waals surface area contributed by atoms with Gasteiger partial charge in [0.15, 0.2) is 0 Å². The van der Waals surface area contributed by atoms with Crippen molar-refractivity contribution in [1.82, 2.24) is 0 Å². The molecule has 2 aromatic rings. The van der Waals surface area contributed by atoms with Crippen LogP contribution in [0.1, 0.15) is 17.3 Å². The number of anilines is 2. The van der Waals surface area contributed by atoms with E-state index >= 15 is 0 Å². The van der Waals surface area contributed by atoms with Crippen LogP contribution >= 0.6 is 0 Å². The summed E-state index contributed by atoms with van der Waals surface area (Å²) in [5.41, 5.74) is 5.92. The summed E-state index contributed by atoms with van der Waals surface area (Å²) in [7, 11) is 0. The Bertz CT molecular complexity index is 623. The molecule has 20 heavy (non-hydrogen) atoms. The number of amides is 1. The molecule has 0 spiro atoms. The molecule has 0 heterocycles. The molecule has 1 amide bonds. The zero-order valence-corrected chi connectivity index (χ0v) is 10.9. The van der Waals surface area contributed by atoms with Crippen molar-refractivity contribution in [2.45, 2.75) is 6.92 Å². The lowest BCUT2D eigenvalue weighted by atomic mass is 10.1. The monoisotopic (exact) mass is 276 g/mol. The molecule has 0 fully saturated rings. The van der Waals surface area contributed by atoms with Crippen molar-refractivity contribution in [1.29, 1.82) is 0 Å². The summed E-state index contributed by atoms with van der Waals surface area (Å²) in [6.45, 7) is 1.98. The van der Waals surface area contributed by atoms with Gasteiger partial charge in [-0.05, 0) is 37.3 Å². The second-order valence-corrected chi connectivity index (χ2v) is 4.27. The van der Waals surface area contributed by atoms with Crippen molar-refractivity contribution in [2.75, 3.05) is 17.2 Å². The summed E-state index contributed by atoms with van der Waals surface area (Å²) in [5, 5.41) is 0. The predicted molar refractivity (Wildman–Crippen MR) is 74.6 cm³/mol. The van der Waals surface area contributed by atoms with E-state index in [1.54, 1.807) is 13.0 Å². The van der Waals surface area contributed by atoms with Crippen LogP contribution in [-0.2, 0) is 0 Å². The minimum atomic E-state index is -0.599. The van der Waals surface area contributed by atoms with E-state index in [9.17, 15) is 13.6 Å². The van der Waals surface area contributed by atoms with Crippen LogP contribution in [0.3, 0.4) is 0 Å². The lowest BCUT2D eigenvalue weighted by molar-refractivity contribution is 0.0987. The van der Waals surface area contributed by atoms with E-state index in [0.29, 0.717) is 0 Å². The van der Waals surface area contributed by atoms with Crippen LogP contribution in [-0.4, -0.2) is 12.5 Å². The molecule has 2 aromatic carbocycles. The Balaban J connectivity index is 2.42. The highest BCUT2D eigenvalue weighted by molar-refractivity contribution is 6.06. The molecule has 0 aromatic heterocycles. The first-order valence-electron chi connectivity index (χ1n) is 6.15. The van der Waals surface area contributed by atoms with Crippen LogP contribution in [0.15, 0.2) is 42.5 Å². The maximum absolute atomic E-state index is 13.8. The molecule has 0 radical (unpaired) electrons. The Labute approximate surface area is 115 Å². The Hall–Kier alpha value is -2.43. The van der Waals surface area contributed by atoms with Crippen molar-refractivity contribution < 1.29 is 13.6 Å². The van der Waals surface area contributed by atoms with Gasteiger partial charge in [0.1, 0.15) is 11.6 Å². The molecule has 0 saturated carbocycles. The highest BCUT2D eigenvalue weighted by Crippen LogP contribution is 2.22. The SMILES string of the molecule is CCN(C(=O)c1cc(N)cc(F)c1)c1ccccc1F. The number of nitrogen functional groups attached to an aromatic ring is 1. The minimum absolute atomic E-state index is 0.0904. The number of para-hydroxylation sites is 1. The summed E-state index contributed by atoms with van der Waals surface area (Å²) < 4.78 is 27.1. The van der Waals surface area contributed by atoms with Gasteiger partial charge in [-0.3, -0.25) is 4.79 Å². The average molecular weight is 276 g/mol. The number of hydrogen-bond donors (Lipinski definition) is 1. The topological polar surface area (TPSA) is 46.3 Å². The van der Waals surface area contributed by atoms with Crippen LogP contribution in [0.2, 0.25) is 0 Å². The molecule has 0 bridgehead atoms. The van der Waals surface area contributed by atoms with E-state index in [0.717, 1.165) is 12.1 Å². The number of nitrogens with zero attached hydrogens (tertiary/aromatic N) is 1. The number of nitrogens with two attached hydrogens (primary N) is 1. The summed E-state index contributed by atoms with van der Waals surface area (Å²) in [4.78, 5) is 13.6. The van der Waals surface area contributed by atoms with Crippen LogP contribution in [0.5, 0.6) is 0 Å². The Morgan fingerprint density at radius 1 is 1.20 bits per heavy atom. The Kier molecular flexibility index (Phi) is 3.98. The molecule has 0 atom stereocenters. The zero-order chi connectivity index (χ0) is 14.7. The smallest absolute Gasteiger partial charge is 0.258 e. The first kappa shape index (κ1) is 14.0. The Morgan fingerprint density at radius 3 is 2.50 bits per heavy atom. The van der Waals surface area contributed by atoms with Gasteiger partial charge in [0, 0.05) is 17.8 Å². The fourth-order valence-corrected chi connectivity index (χ4v) is 1.99. The normalized spacial score (nSPS) is 10.3. The molecule has 104 valence electrons. The summed E-state index contributed by atoms with van der Waals surface area (Å²) in [5.74, 6) is -1.60. The minimum Gasteiger partial charge on any atom is -0.399 e. The first-order chi connectivity index (χ1) is 9.52. The second kappa shape index (κ2) is 5.69. The lowest BCUT2D eigenvalue weighted by Crippen LogP contribution is -2.31. The van der Waals surface area contributed by atoms with Crippen molar-refractivity contribution >= 4 is 17.3 Å². The molecule has 2 rings (SSSR count). The van der Waals surface area contributed by atoms with Crippen molar-refractivity contribution in [2.24, 2.45) is 0 Å². The summed E-state index contributed by atoms with van der Waals surface area (Å²) >= 11 is 0. The fraction of sp³-hybridized carbons (Fsp3) is 0.133. The molecule has 0 aliphatic rings. The van der Waals surface area contributed by atoms with Crippen LogP contribution in [0.4, 0.5) is 20.2 Å². The van der Waals surface area contributed by atoms with Gasteiger partial charge in [-0.2, -0.15) is 0 Å². The van der Waals surface area contributed by atoms with Gasteiger partial charge in [0.2, 0.25) is 0 Å². The largest absolute Gasteiger partial charge is 0.399 e. The number of benzene rings is 2. The third-order valence-corrected chi connectivity index (χ3v) is 2.87. The standard InChI is InChI=1S/C15H14F2N2O/c1-2-19(14-6-4-3-5-13(14)17)15(20)10-7-11(16)9-12(18)8-10/h3-9H,2,18H2,1H3. The highest BCUT2D eigenvalue weighted by atomic mass is 19.1. The van der Waals surface area contributed by atoms with E-state index in [2.05, 4.69) is 0 Å². The number of carbonyl (C=O) groups excluding carboxylic acids is 1. The van der Waals surface area contributed by atoms with Gasteiger partial charge in [-0.25, -0.2) is 8.78 Å².